The number of allylic oxidation sites excluding steroid dienone is 5. The van der Waals surface area contributed by atoms with Gasteiger partial charge in [-0.1, -0.05) is 288 Å². The van der Waals surface area contributed by atoms with Crippen molar-refractivity contribution in [3.05, 3.63) is 36.5 Å². The lowest BCUT2D eigenvalue weighted by Gasteiger charge is -2.20. The van der Waals surface area contributed by atoms with Crippen LogP contribution in [-0.4, -0.2) is 47.4 Å². The summed E-state index contributed by atoms with van der Waals surface area (Å²) < 4.78 is 5.47. The molecule has 0 radical (unpaired) electrons. The van der Waals surface area contributed by atoms with Crippen LogP contribution in [0.3, 0.4) is 0 Å². The van der Waals surface area contributed by atoms with E-state index in [-0.39, 0.29) is 18.5 Å². The third kappa shape index (κ3) is 53.4. The summed E-state index contributed by atoms with van der Waals surface area (Å²) >= 11 is 0. The fourth-order valence-electron chi connectivity index (χ4n) is 9.24. The third-order valence-electron chi connectivity index (χ3n) is 13.9. The van der Waals surface area contributed by atoms with Crippen LogP contribution in [0, 0.1) is 0 Å². The number of hydrogen-bond donors (Lipinski definition) is 3. The van der Waals surface area contributed by atoms with E-state index in [1.54, 1.807) is 6.08 Å². The lowest BCUT2D eigenvalue weighted by molar-refractivity contribution is -0.143. The molecule has 0 heterocycles. The fourth-order valence-corrected chi connectivity index (χ4v) is 9.24. The van der Waals surface area contributed by atoms with E-state index in [9.17, 15) is 19.8 Å². The van der Waals surface area contributed by atoms with Gasteiger partial charge < -0.3 is 20.3 Å². The van der Waals surface area contributed by atoms with Crippen LogP contribution in [0.25, 0.3) is 0 Å². The molecule has 0 bridgehead atoms. The number of rotatable bonds is 56. The number of unbranched alkanes of at least 4 members (excludes halogenated alkanes) is 41. The largest absolute Gasteiger partial charge is 0.466 e. The maximum absolute atomic E-state index is 12.5. The van der Waals surface area contributed by atoms with Crippen molar-refractivity contribution in [2.24, 2.45) is 0 Å². The zero-order valence-corrected chi connectivity index (χ0v) is 45.6. The SMILES string of the molecule is CCCC/C=C\C/C=C\CCCCCCCC(=O)OCCCCCCCCCCCCCCCCCCCCCCCCC(=O)NC(CO)C(O)/C=C/CCCCCCCCCCCCCCC. The van der Waals surface area contributed by atoms with Crippen molar-refractivity contribution in [3.63, 3.8) is 0 Å². The minimum atomic E-state index is -0.844. The zero-order valence-electron chi connectivity index (χ0n) is 45.6. The van der Waals surface area contributed by atoms with Crippen LogP contribution in [0.4, 0.5) is 0 Å². The Morgan fingerprint density at radius 3 is 1.16 bits per heavy atom. The predicted molar refractivity (Wildman–Crippen MR) is 296 cm³/mol. The van der Waals surface area contributed by atoms with Crippen molar-refractivity contribution < 1.29 is 24.5 Å². The topological polar surface area (TPSA) is 95.9 Å². The van der Waals surface area contributed by atoms with Gasteiger partial charge in [0.15, 0.2) is 0 Å². The van der Waals surface area contributed by atoms with Crippen LogP contribution in [0.1, 0.15) is 322 Å². The van der Waals surface area contributed by atoms with E-state index in [2.05, 4.69) is 43.5 Å². The molecule has 6 nitrogen and oxygen atoms in total. The quantitative estimate of drug-likeness (QED) is 0.0321. The van der Waals surface area contributed by atoms with Gasteiger partial charge in [-0.25, -0.2) is 0 Å². The van der Waals surface area contributed by atoms with E-state index in [1.165, 1.54) is 244 Å². The molecular formula is C62H117NO5. The van der Waals surface area contributed by atoms with Crippen LogP contribution in [0.2, 0.25) is 0 Å². The third-order valence-corrected chi connectivity index (χ3v) is 13.9. The van der Waals surface area contributed by atoms with Gasteiger partial charge in [-0.3, -0.25) is 9.59 Å². The van der Waals surface area contributed by atoms with E-state index in [0.717, 1.165) is 51.4 Å². The number of esters is 1. The molecule has 2 unspecified atom stereocenters. The average Bonchev–Trinajstić information content (AvgIpc) is 3.34. The first-order valence-electron chi connectivity index (χ1n) is 30.3. The molecule has 1 amide bonds. The summed E-state index contributed by atoms with van der Waals surface area (Å²) in [4.78, 5) is 24.5. The summed E-state index contributed by atoms with van der Waals surface area (Å²) in [5, 5.41) is 23.1. The smallest absolute Gasteiger partial charge is 0.305 e. The molecule has 0 aliphatic rings. The number of carbonyl (C=O) groups is 2. The summed E-state index contributed by atoms with van der Waals surface area (Å²) in [7, 11) is 0. The molecule has 68 heavy (non-hydrogen) atoms. The summed E-state index contributed by atoms with van der Waals surface area (Å²) in [6, 6.07) is -0.628. The second-order valence-electron chi connectivity index (χ2n) is 20.7. The average molecular weight is 957 g/mol. The number of nitrogens with one attached hydrogen (secondary N) is 1. The monoisotopic (exact) mass is 956 g/mol. The molecule has 2 atom stereocenters. The molecule has 0 rings (SSSR count). The first kappa shape index (κ1) is 66.1. The molecule has 6 heteroatoms. The zero-order chi connectivity index (χ0) is 49.3. The normalized spacial score (nSPS) is 12.8. The van der Waals surface area contributed by atoms with Gasteiger partial charge >= 0.3 is 5.97 Å². The first-order valence-corrected chi connectivity index (χ1v) is 30.3. The molecule has 0 saturated carbocycles. The number of hydrogen-bond acceptors (Lipinski definition) is 5. The first-order chi connectivity index (χ1) is 33.5. The summed E-state index contributed by atoms with van der Waals surface area (Å²) in [5.41, 5.74) is 0. The number of carbonyl (C=O) groups excluding carboxylic acids is 2. The molecule has 0 saturated heterocycles. The number of ether oxygens (including phenoxy) is 1. The van der Waals surface area contributed by atoms with Gasteiger partial charge in [0.05, 0.1) is 25.4 Å². The molecule has 3 N–H and O–H groups in total. The molecule has 0 aliphatic carbocycles. The molecular weight excluding hydrogens is 839 g/mol. The van der Waals surface area contributed by atoms with Crippen LogP contribution >= 0.6 is 0 Å². The lowest BCUT2D eigenvalue weighted by atomic mass is 10.0. The Hall–Kier alpha value is -1.92. The standard InChI is InChI=1S/C62H117NO5/c1-3-5-7-9-11-13-15-17-27-30-34-38-42-46-50-54-60(65)59(58-64)63-61(66)55-51-47-43-39-35-31-28-25-23-21-19-20-22-24-26-29-33-37-41-45-49-53-57-68-62(67)56-52-48-44-40-36-32-18-16-14-12-10-8-6-4-2/h10,12,16,18,50,54,59-60,64-65H,3-9,11,13-15,17,19-49,51-53,55-58H2,1-2H3,(H,63,66)/b12-10-,18-16-,54-50+. The van der Waals surface area contributed by atoms with E-state index in [1.807, 2.05) is 6.08 Å². The highest BCUT2D eigenvalue weighted by Gasteiger charge is 2.18. The van der Waals surface area contributed by atoms with E-state index >= 15 is 0 Å². The minimum Gasteiger partial charge on any atom is -0.466 e. The van der Waals surface area contributed by atoms with Crippen molar-refractivity contribution in [1.29, 1.82) is 0 Å². The Morgan fingerprint density at radius 1 is 0.412 bits per heavy atom. The summed E-state index contributed by atoms with van der Waals surface area (Å²) in [6.45, 7) is 4.87. The second kappa shape index (κ2) is 57.7. The van der Waals surface area contributed by atoms with Crippen LogP contribution in [0.5, 0.6) is 0 Å². The van der Waals surface area contributed by atoms with Gasteiger partial charge in [0.1, 0.15) is 0 Å². The Morgan fingerprint density at radius 2 is 0.750 bits per heavy atom. The molecule has 0 aromatic heterocycles. The second-order valence-corrected chi connectivity index (χ2v) is 20.7. The summed E-state index contributed by atoms with van der Waals surface area (Å²) in [6.07, 6.45) is 71.7. The van der Waals surface area contributed by atoms with Crippen molar-refractivity contribution in [2.45, 2.75) is 334 Å². The van der Waals surface area contributed by atoms with Crippen molar-refractivity contribution >= 4 is 11.9 Å². The molecule has 0 fully saturated rings. The van der Waals surface area contributed by atoms with Crippen LogP contribution in [0.15, 0.2) is 36.5 Å². The van der Waals surface area contributed by atoms with Crippen molar-refractivity contribution in [3.8, 4) is 0 Å². The molecule has 400 valence electrons. The van der Waals surface area contributed by atoms with E-state index in [4.69, 9.17) is 4.74 Å². The lowest BCUT2D eigenvalue weighted by Crippen LogP contribution is -2.45. The number of aliphatic hydroxyl groups excluding tert-OH is 2. The molecule has 0 aromatic carbocycles. The van der Waals surface area contributed by atoms with Crippen molar-refractivity contribution in [1.82, 2.24) is 5.32 Å². The molecule has 0 spiro atoms. The van der Waals surface area contributed by atoms with Crippen molar-refractivity contribution in [2.75, 3.05) is 13.2 Å². The Bertz CT molecular complexity index is 1100. The Kier molecular flexibility index (Phi) is 56.0. The van der Waals surface area contributed by atoms with Gasteiger partial charge in [0.2, 0.25) is 5.91 Å². The van der Waals surface area contributed by atoms with Gasteiger partial charge in [-0.2, -0.15) is 0 Å². The summed E-state index contributed by atoms with van der Waals surface area (Å²) in [5.74, 6) is -0.0694. The Balaban J connectivity index is 3.41. The van der Waals surface area contributed by atoms with Gasteiger partial charge in [0.25, 0.3) is 0 Å². The molecule has 0 aromatic rings. The fraction of sp³-hybridized carbons (Fsp3) is 0.871. The predicted octanol–water partition coefficient (Wildman–Crippen LogP) is 18.8. The van der Waals surface area contributed by atoms with E-state index in [0.29, 0.717) is 19.4 Å². The van der Waals surface area contributed by atoms with Crippen LogP contribution in [-0.2, 0) is 14.3 Å². The highest BCUT2D eigenvalue weighted by Crippen LogP contribution is 2.17. The minimum absolute atomic E-state index is 0.00204. The number of amides is 1. The maximum atomic E-state index is 12.5. The number of aliphatic hydroxyl groups is 2. The Labute approximate surface area is 424 Å². The maximum Gasteiger partial charge on any atom is 0.305 e. The van der Waals surface area contributed by atoms with Gasteiger partial charge in [-0.05, 0) is 57.8 Å². The highest BCUT2D eigenvalue weighted by molar-refractivity contribution is 5.76. The van der Waals surface area contributed by atoms with E-state index < -0.39 is 12.1 Å². The van der Waals surface area contributed by atoms with Gasteiger partial charge in [0, 0.05) is 12.8 Å². The van der Waals surface area contributed by atoms with Gasteiger partial charge in [-0.15, -0.1) is 0 Å². The highest BCUT2D eigenvalue weighted by atomic mass is 16.5. The van der Waals surface area contributed by atoms with Crippen LogP contribution < -0.4 is 5.32 Å². The molecule has 0 aliphatic heterocycles.